The van der Waals surface area contributed by atoms with Crippen LogP contribution in [-0.4, -0.2) is 16.7 Å². The maximum atomic E-state index is 13.0. The van der Waals surface area contributed by atoms with Crippen LogP contribution in [0.1, 0.15) is 26.7 Å². The highest BCUT2D eigenvalue weighted by molar-refractivity contribution is 5.77. The van der Waals surface area contributed by atoms with Gasteiger partial charge in [-0.25, -0.2) is 13.6 Å². The van der Waals surface area contributed by atoms with Gasteiger partial charge in [0.25, 0.3) is 0 Å². The van der Waals surface area contributed by atoms with E-state index in [9.17, 15) is 13.6 Å². The first-order valence-corrected chi connectivity index (χ1v) is 5.32. The molecule has 5 heteroatoms. The van der Waals surface area contributed by atoms with Gasteiger partial charge in [0.15, 0.2) is 11.6 Å². The van der Waals surface area contributed by atoms with Crippen molar-refractivity contribution in [2.45, 2.75) is 32.3 Å². The minimum absolute atomic E-state index is 0.00926. The Hall–Kier alpha value is -1.65. The molecular weight excluding hydrogens is 230 g/mol. The molecule has 1 aromatic carbocycles. The fraction of sp³-hybridized carbons (Fsp3) is 0.417. The summed E-state index contributed by atoms with van der Waals surface area (Å²) in [4.78, 5) is 11.1. The van der Waals surface area contributed by atoms with Gasteiger partial charge in [-0.3, -0.25) is 0 Å². The number of halogens is 2. The second-order valence-electron chi connectivity index (χ2n) is 3.68. The van der Waals surface area contributed by atoms with Crippen molar-refractivity contribution in [1.82, 2.24) is 0 Å². The predicted molar refractivity (Wildman–Crippen MR) is 57.9 cm³/mol. The standard InChI is InChI=1S/C12H14F2O3/c1-3-12(4-2,11(15)16)17-8-5-6-9(13)10(14)7-8/h5-7H,3-4H2,1-2H3,(H,15,16). The second kappa shape index (κ2) is 5.12. The van der Waals surface area contributed by atoms with E-state index in [2.05, 4.69) is 0 Å². The van der Waals surface area contributed by atoms with Crippen molar-refractivity contribution >= 4 is 5.97 Å². The number of benzene rings is 1. The maximum absolute atomic E-state index is 13.0. The highest BCUT2D eigenvalue weighted by Gasteiger charge is 2.37. The molecule has 1 aromatic rings. The van der Waals surface area contributed by atoms with Gasteiger partial charge in [0.1, 0.15) is 5.75 Å². The van der Waals surface area contributed by atoms with Crippen LogP contribution >= 0.6 is 0 Å². The molecule has 0 unspecified atom stereocenters. The maximum Gasteiger partial charge on any atom is 0.348 e. The average molecular weight is 244 g/mol. The molecule has 0 atom stereocenters. The van der Waals surface area contributed by atoms with Crippen molar-refractivity contribution in [3.05, 3.63) is 29.8 Å². The van der Waals surface area contributed by atoms with Gasteiger partial charge in [-0.05, 0) is 25.0 Å². The lowest BCUT2D eigenvalue weighted by Gasteiger charge is -2.28. The van der Waals surface area contributed by atoms with Crippen LogP contribution < -0.4 is 4.74 Å². The Morgan fingerprint density at radius 2 is 1.88 bits per heavy atom. The van der Waals surface area contributed by atoms with Gasteiger partial charge in [0.2, 0.25) is 5.60 Å². The molecule has 0 aliphatic heterocycles. The quantitative estimate of drug-likeness (QED) is 0.866. The van der Waals surface area contributed by atoms with Gasteiger partial charge in [0, 0.05) is 6.07 Å². The molecule has 0 radical (unpaired) electrons. The Kier molecular flexibility index (Phi) is 4.04. The lowest BCUT2D eigenvalue weighted by atomic mass is 9.97. The molecule has 0 aliphatic carbocycles. The number of carbonyl (C=O) groups is 1. The van der Waals surface area contributed by atoms with Crippen molar-refractivity contribution in [3.8, 4) is 5.75 Å². The monoisotopic (exact) mass is 244 g/mol. The van der Waals surface area contributed by atoms with Crippen LogP contribution in [0.4, 0.5) is 8.78 Å². The lowest BCUT2D eigenvalue weighted by molar-refractivity contribution is -0.156. The zero-order valence-corrected chi connectivity index (χ0v) is 9.67. The summed E-state index contributed by atoms with van der Waals surface area (Å²) in [5.41, 5.74) is -1.40. The number of rotatable bonds is 5. The normalized spacial score (nSPS) is 11.3. The summed E-state index contributed by atoms with van der Waals surface area (Å²) in [5, 5.41) is 9.12. The third-order valence-electron chi connectivity index (χ3n) is 2.74. The van der Waals surface area contributed by atoms with E-state index in [1.165, 1.54) is 6.07 Å². The number of aliphatic carboxylic acids is 1. The molecule has 0 fully saturated rings. The summed E-state index contributed by atoms with van der Waals surface area (Å²) in [6.45, 7) is 3.33. The van der Waals surface area contributed by atoms with Crippen LogP contribution in [0.2, 0.25) is 0 Å². The molecule has 94 valence electrons. The zero-order valence-electron chi connectivity index (χ0n) is 9.67. The smallest absolute Gasteiger partial charge is 0.348 e. The fourth-order valence-electron chi connectivity index (χ4n) is 1.51. The van der Waals surface area contributed by atoms with Gasteiger partial charge in [0.05, 0.1) is 0 Å². The Morgan fingerprint density at radius 1 is 1.29 bits per heavy atom. The highest BCUT2D eigenvalue weighted by Crippen LogP contribution is 2.26. The third kappa shape index (κ3) is 2.72. The van der Waals surface area contributed by atoms with Gasteiger partial charge in [-0.2, -0.15) is 0 Å². The topological polar surface area (TPSA) is 46.5 Å². The number of carboxylic acids is 1. The van der Waals surface area contributed by atoms with Crippen molar-refractivity contribution < 1.29 is 23.4 Å². The third-order valence-corrected chi connectivity index (χ3v) is 2.74. The van der Waals surface area contributed by atoms with Crippen LogP contribution in [0, 0.1) is 11.6 Å². The van der Waals surface area contributed by atoms with Crippen molar-refractivity contribution in [3.63, 3.8) is 0 Å². The van der Waals surface area contributed by atoms with E-state index in [1.807, 2.05) is 0 Å². The van der Waals surface area contributed by atoms with Crippen LogP contribution in [0.5, 0.6) is 5.75 Å². The van der Waals surface area contributed by atoms with Crippen LogP contribution in [0.15, 0.2) is 18.2 Å². The molecule has 0 amide bonds. The predicted octanol–water partition coefficient (Wildman–Crippen LogP) is 2.99. The Labute approximate surface area is 98.0 Å². The summed E-state index contributed by atoms with van der Waals surface area (Å²) in [6.07, 6.45) is 0.468. The number of ether oxygens (including phenoxy) is 1. The summed E-state index contributed by atoms with van der Waals surface area (Å²) >= 11 is 0. The summed E-state index contributed by atoms with van der Waals surface area (Å²) in [7, 11) is 0. The van der Waals surface area contributed by atoms with Crippen LogP contribution in [-0.2, 0) is 4.79 Å². The molecule has 0 bridgehead atoms. The van der Waals surface area contributed by atoms with Gasteiger partial charge < -0.3 is 9.84 Å². The van der Waals surface area contributed by atoms with Crippen molar-refractivity contribution in [2.75, 3.05) is 0 Å². The Balaban J connectivity index is 3.01. The van der Waals surface area contributed by atoms with Gasteiger partial charge in [-0.1, -0.05) is 13.8 Å². The van der Waals surface area contributed by atoms with Crippen molar-refractivity contribution in [1.29, 1.82) is 0 Å². The van der Waals surface area contributed by atoms with E-state index < -0.39 is 23.2 Å². The van der Waals surface area contributed by atoms with E-state index in [1.54, 1.807) is 13.8 Å². The number of hydrogen-bond acceptors (Lipinski definition) is 2. The van der Waals surface area contributed by atoms with E-state index in [0.717, 1.165) is 12.1 Å². The average Bonchev–Trinajstić information content (AvgIpc) is 2.30. The lowest BCUT2D eigenvalue weighted by Crippen LogP contribution is -2.43. The number of carboxylic acid groups (broad SMARTS) is 1. The van der Waals surface area contributed by atoms with E-state index in [-0.39, 0.29) is 18.6 Å². The Morgan fingerprint density at radius 3 is 2.29 bits per heavy atom. The van der Waals surface area contributed by atoms with Gasteiger partial charge >= 0.3 is 5.97 Å². The molecule has 17 heavy (non-hydrogen) atoms. The molecule has 0 heterocycles. The molecule has 0 spiro atoms. The van der Waals surface area contributed by atoms with E-state index in [4.69, 9.17) is 9.84 Å². The summed E-state index contributed by atoms with van der Waals surface area (Å²) < 4.78 is 31.0. The first-order chi connectivity index (χ1) is 7.95. The summed E-state index contributed by atoms with van der Waals surface area (Å²) in [5.74, 6) is -3.16. The SMILES string of the molecule is CCC(CC)(Oc1ccc(F)c(F)c1)C(=O)O. The van der Waals surface area contributed by atoms with Crippen LogP contribution in [0.25, 0.3) is 0 Å². The molecule has 0 aliphatic rings. The van der Waals surface area contributed by atoms with E-state index >= 15 is 0 Å². The Bertz CT molecular complexity index is 414. The van der Waals surface area contributed by atoms with Gasteiger partial charge in [-0.15, -0.1) is 0 Å². The molecule has 1 rings (SSSR count). The minimum atomic E-state index is -1.40. The second-order valence-corrected chi connectivity index (χ2v) is 3.68. The molecule has 1 N–H and O–H groups in total. The molecule has 0 aromatic heterocycles. The molecular formula is C12H14F2O3. The number of hydrogen-bond donors (Lipinski definition) is 1. The van der Waals surface area contributed by atoms with E-state index in [0.29, 0.717) is 0 Å². The summed E-state index contributed by atoms with van der Waals surface area (Å²) in [6, 6.07) is 2.96. The first-order valence-electron chi connectivity index (χ1n) is 5.32. The van der Waals surface area contributed by atoms with Crippen LogP contribution in [0.3, 0.4) is 0 Å². The highest BCUT2D eigenvalue weighted by atomic mass is 19.2. The first kappa shape index (κ1) is 13.4. The molecule has 0 saturated heterocycles. The zero-order chi connectivity index (χ0) is 13.1. The minimum Gasteiger partial charge on any atom is -0.478 e. The van der Waals surface area contributed by atoms with Crippen molar-refractivity contribution in [2.24, 2.45) is 0 Å². The fourth-order valence-corrected chi connectivity index (χ4v) is 1.51. The largest absolute Gasteiger partial charge is 0.478 e. The molecule has 3 nitrogen and oxygen atoms in total. The molecule has 0 saturated carbocycles.